The third kappa shape index (κ3) is 12.1. The van der Waals surface area contributed by atoms with E-state index in [1.165, 1.54) is 12.1 Å². The lowest BCUT2D eigenvalue weighted by atomic mass is 9.79. The van der Waals surface area contributed by atoms with Gasteiger partial charge in [-0.3, -0.25) is 19.2 Å². The molecular formula is C31H49NO8. The lowest BCUT2D eigenvalue weighted by Gasteiger charge is -2.32. The Bertz CT molecular complexity index is 1040. The summed E-state index contributed by atoms with van der Waals surface area (Å²) < 4.78 is 16.9. The molecule has 0 aliphatic heterocycles. The van der Waals surface area contributed by atoms with Gasteiger partial charge in [-0.25, -0.2) is 0 Å². The number of benzene rings is 1. The molecule has 0 aliphatic carbocycles. The zero-order valence-electron chi connectivity index (χ0n) is 25.8. The first-order valence-corrected chi connectivity index (χ1v) is 14.0. The monoisotopic (exact) mass is 563 g/mol. The largest absolute Gasteiger partial charge is 0.480 e. The van der Waals surface area contributed by atoms with Crippen molar-refractivity contribution in [3.05, 3.63) is 23.8 Å². The van der Waals surface area contributed by atoms with E-state index in [1.807, 2.05) is 55.4 Å². The number of carbonyl (C=O) groups excluding carboxylic acids is 3. The van der Waals surface area contributed by atoms with E-state index in [-0.39, 0.29) is 53.5 Å². The first-order valence-electron chi connectivity index (χ1n) is 14.0. The zero-order chi connectivity index (χ0) is 31.0. The molecule has 9 heteroatoms. The summed E-state index contributed by atoms with van der Waals surface area (Å²) >= 11 is 0. The highest BCUT2D eigenvalue weighted by Crippen LogP contribution is 2.38. The van der Waals surface area contributed by atoms with Crippen molar-refractivity contribution < 1.29 is 38.5 Å². The molecule has 226 valence electrons. The summed E-state index contributed by atoms with van der Waals surface area (Å²) in [6, 6.07) is 3.21. The van der Waals surface area contributed by atoms with Gasteiger partial charge in [0, 0.05) is 18.3 Å². The molecule has 40 heavy (non-hydrogen) atoms. The smallest absolute Gasteiger partial charge is 0.321 e. The fourth-order valence-electron chi connectivity index (χ4n) is 4.15. The number of hydrogen-bond donors (Lipinski definition) is 2. The molecule has 4 unspecified atom stereocenters. The Labute approximate surface area is 239 Å². The lowest BCUT2D eigenvalue weighted by molar-refractivity contribution is -0.152. The van der Waals surface area contributed by atoms with Crippen molar-refractivity contribution in [3.8, 4) is 11.5 Å². The van der Waals surface area contributed by atoms with E-state index >= 15 is 0 Å². The Morgan fingerprint density at radius 2 is 1.35 bits per heavy atom. The van der Waals surface area contributed by atoms with E-state index in [4.69, 9.17) is 19.9 Å². The number of carbonyl (C=O) groups is 4. The molecule has 0 saturated carbocycles. The molecule has 0 radical (unpaired) electrons. The summed E-state index contributed by atoms with van der Waals surface area (Å²) in [4.78, 5) is 49.8. The molecular weight excluding hydrogens is 514 g/mol. The van der Waals surface area contributed by atoms with Gasteiger partial charge in [-0.2, -0.15) is 0 Å². The Hall–Kier alpha value is -2.94. The van der Waals surface area contributed by atoms with Crippen LogP contribution in [0.25, 0.3) is 0 Å². The summed E-state index contributed by atoms with van der Waals surface area (Å²) in [6.07, 6.45) is 0.668. The fraction of sp³-hybridized carbons (Fsp3) is 0.677. The third-order valence-corrected chi connectivity index (χ3v) is 6.66. The summed E-state index contributed by atoms with van der Waals surface area (Å²) in [5.41, 5.74) is 5.93. The molecule has 1 aromatic carbocycles. The van der Waals surface area contributed by atoms with E-state index in [0.717, 1.165) is 6.42 Å². The van der Waals surface area contributed by atoms with E-state index in [9.17, 15) is 24.3 Å². The molecule has 0 saturated heterocycles. The van der Waals surface area contributed by atoms with Gasteiger partial charge in [-0.15, -0.1) is 0 Å². The van der Waals surface area contributed by atoms with Crippen LogP contribution in [0.15, 0.2) is 18.2 Å². The number of hydrogen-bond acceptors (Lipinski definition) is 8. The highest BCUT2D eigenvalue weighted by molar-refractivity contribution is 5.78. The van der Waals surface area contributed by atoms with Crippen LogP contribution in [0.5, 0.6) is 11.5 Å². The summed E-state index contributed by atoms with van der Waals surface area (Å²) in [5, 5.41) is 9.81. The van der Waals surface area contributed by atoms with Crippen LogP contribution in [-0.4, -0.2) is 41.1 Å². The van der Waals surface area contributed by atoms with Crippen LogP contribution in [0, 0.1) is 22.7 Å². The minimum absolute atomic E-state index is 0.00906. The summed E-state index contributed by atoms with van der Waals surface area (Å²) in [6.45, 7) is 18.8. The molecule has 1 rings (SSSR count). The maximum Gasteiger partial charge on any atom is 0.321 e. The van der Waals surface area contributed by atoms with Crippen LogP contribution >= 0.6 is 0 Å². The topological polar surface area (TPSA) is 142 Å². The molecule has 0 spiro atoms. The Morgan fingerprint density at radius 3 is 1.80 bits per heavy atom. The van der Waals surface area contributed by atoms with Crippen LogP contribution in [0.2, 0.25) is 0 Å². The molecule has 0 bridgehead atoms. The van der Waals surface area contributed by atoms with Crippen LogP contribution in [0.1, 0.15) is 106 Å². The number of rotatable bonds is 13. The van der Waals surface area contributed by atoms with Crippen LogP contribution < -0.4 is 15.2 Å². The zero-order valence-corrected chi connectivity index (χ0v) is 25.8. The van der Waals surface area contributed by atoms with Crippen LogP contribution in [0.3, 0.4) is 0 Å². The minimum Gasteiger partial charge on any atom is -0.480 e. The van der Waals surface area contributed by atoms with Gasteiger partial charge in [-0.1, -0.05) is 74.8 Å². The van der Waals surface area contributed by atoms with Crippen molar-refractivity contribution in [1.29, 1.82) is 0 Å². The first kappa shape index (κ1) is 35.1. The molecule has 0 heterocycles. The Kier molecular flexibility index (Phi) is 12.8. The van der Waals surface area contributed by atoms with Gasteiger partial charge in [0.05, 0.1) is 12.8 Å². The van der Waals surface area contributed by atoms with Gasteiger partial charge in [0.1, 0.15) is 12.1 Å². The fourth-order valence-corrected chi connectivity index (χ4v) is 4.15. The highest BCUT2D eigenvalue weighted by atomic mass is 16.6. The molecule has 0 amide bonds. The molecule has 3 N–H and O–H groups in total. The third-order valence-electron chi connectivity index (χ3n) is 6.66. The maximum atomic E-state index is 12.8. The van der Waals surface area contributed by atoms with Crippen molar-refractivity contribution >= 4 is 23.9 Å². The van der Waals surface area contributed by atoms with Gasteiger partial charge in [0.15, 0.2) is 11.5 Å². The summed E-state index contributed by atoms with van der Waals surface area (Å²) in [7, 11) is 0. The van der Waals surface area contributed by atoms with Gasteiger partial charge < -0.3 is 25.1 Å². The highest BCUT2D eigenvalue weighted by Gasteiger charge is 2.36. The minimum atomic E-state index is -1.35. The van der Waals surface area contributed by atoms with Crippen molar-refractivity contribution in [2.45, 2.75) is 113 Å². The van der Waals surface area contributed by atoms with Crippen molar-refractivity contribution in [3.63, 3.8) is 0 Å². The normalized spacial score (nSPS) is 15.8. The Morgan fingerprint density at radius 1 is 0.850 bits per heavy atom. The molecule has 1 aromatic rings. The lowest BCUT2D eigenvalue weighted by Crippen LogP contribution is -2.42. The molecule has 0 fully saturated rings. The van der Waals surface area contributed by atoms with E-state index < -0.39 is 41.9 Å². The maximum absolute atomic E-state index is 12.8. The number of esters is 3. The quantitative estimate of drug-likeness (QED) is 0.222. The predicted molar refractivity (Wildman–Crippen MR) is 153 cm³/mol. The van der Waals surface area contributed by atoms with Crippen LogP contribution in [0.4, 0.5) is 0 Å². The van der Waals surface area contributed by atoms with Gasteiger partial charge in [0.2, 0.25) is 0 Å². The van der Waals surface area contributed by atoms with Gasteiger partial charge >= 0.3 is 23.9 Å². The first-order chi connectivity index (χ1) is 18.2. The Balaban J connectivity index is 3.47. The number of carboxylic acids is 1. The molecule has 0 aliphatic rings. The molecule has 9 nitrogen and oxygen atoms in total. The number of nitrogens with two attached hydrogens (primary N) is 1. The SMILES string of the molecule is CCC(C)CC(=O)OC(C)C(C)C(c1ccc(OC(=O)CC(C)(C)C)c(OC(=O)CC(C)(C)C)c1)[C@H](N)C(=O)O. The van der Waals surface area contributed by atoms with Gasteiger partial charge in [0.25, 0.3) is 0 Å². The van der Waals surface area contributed by atoms with E-state index in [2.05, 4.69) is 0 Å². The van der Waals surface area contributed by atoms with E-state index in [1.54, 1.807) is 19.9 Å². The second kappa shape index (κ2) is 14.6. The van der Waals surface area contributed by atoms with Gasteiger partial charge in [-0.05, 0) is 41.4 Å². The van der Waals surface area contributed by atoms with Crippen molar-refractivity contribution in [2.24, 2.45) is 28.4 Å². The number of aliphatic carboxylic acids is 1. The average Bonchev–Trinajstić information content (AvgIpc) is 2.77. The van der Waals surface area contributed by atoms with Crippen molar-refractivity contribution in [1.82, 2.24) is 0 Å². The number of ether oxygens (including phenoxy) is 3. The second-order valence-electron chi connectivity index (χ2n) is 13.3. The average molecular weight is 564 g/mol. The molecule has 5 atom stereocenters. The molecule has 0 aromatic heterocycles. The number of carboxylic acid groups (broad SMARTS) is 1. The second-order valence-corrected chi connectivity index (χ2v) is 13.3. The standard InChI is InChI=1S/C31H49NO8/c1-11-18(2)14-24(33)38-20(4)19(3)27(28(32)29(36)37)21-12-13-22(39-25(34)16-30(5,6)7)23(15-21)40-26(35)17-31(8,9)10/h12-13,15,18-20,27-28H,11,14,16-17,32H2,1-10H3,(H,36,37)/t18?,19?,20?,27?,28-/m0/s1. The predicted octanol–water partition coefficient (Wildman–Crippen LogP) is 5.87. The van der Waals surface area contributed by atoms with E-state index in [0.29, 0.717) is 5.56 Å². The van der Waals surface area contributed by atoms with Crippen LogP contribution in [-0.2, 0) is 23.9 Å². The van der Waals surface area contributed by atoms with Crippen molar-refractivity contribution in [2.75, 3.05) is 0 Å². The summed E-state index contributed by atoms with van der Waals surface area (Å²) in [5.74, 6) is -3.77.